The number of carbonyl (C=O) groups excluding carboxylic acids is 1. The molecule has 1 aliphatic heterocycles. The van der Waals surface area contributed by atoms with Crippen molar-refractivity contribution in [1.29, 1.82) is 0 Å². The third kappa shape index (κ3) is 3.86. The average Bonchev–Trinajstić information content (AvgIpc) is 3.22. The fourth-order valence-corrected chi connectivity index (χ4v) is 4.01. The number of aryl methyl sites for hydroxylation is 1. The zero-order valence-electron chi connectivity index (χ0n) is 16.4. The predicted molar refractivity (Wildman–Crippen MR) is 117 cm³/mol. The first-order valence-corrected chi connectivity index (χ1v) is 9.90. The largest absolute Gasteiger partial charge is 0.352 e. The minimum absolute atomic E-state index is 0.113. The van der Waals surface area contributed by atoms with Crippen LogP contribution < -0.4 is 10.6 Å². The minimum Gasteiger partial charge on any atom is -0.352 e. The average molecular weight is 406 g/mol. The summed E-state index contributed by atoms with van der Waals surface area (Å²) in [4.78, 5) is 19.2. The quantitative estimate of drug-likeness (QED) is 0.638. The van der Waals surface area contributed by atoms with E-state index in [2.05, 4.69) is 39.2 Å². The second-order valence-corrected chi connectivity index (χ2v) is 7.51. The lowest BCUT2D eigenvalue weighted by atomic mass is 10.0. The Morgan fingerprint density at radius 1 is 1.14 bits per heavy atom. The molecule has 4 rings (SSSR count). The van der Waals surface area contributed by atoms with Crippen LogP contribution in [0.3, 0.4) is 0 Å². The van der Waals surface area contributed by atoms with Crippen molar-refractivity contribution in [1.82, 2.24) is 19.8 Å². The molecule has 1 amide bonds. The molecule has 1 aliphatic rings. The van der Waals surface area contributed by atoms with Crippen molar-refractivity contribution in [2.24, 2.45) is 7.05 Å². The van der Waals surface area contributed by atoms with E-state index in [0.29, 0.717) is 5.11 Å². The fraction of sp³-hybridized carbons (Fsp3) is 0.227. The van der Waals surface area contributed by atoms with E-state index in [0.717, 1.165) is 22.8 Å². The second-order valence-electron chi connectivity index (χ2n) is 7.13. The molecule has 3 aromatic rings. The molecule has 7 heteroatoms. The van der Waals surface area contributed by atoms with E-state index in [4.69, 9.17) is 12.2 Å². The van der Waals surface area contributed by atoms with Gasteiger partial charge in [-0.3, -0.25) is 9.78 Å². The summed E-state index contributed by atoms with van der Waals surface area (Å²) in [6, 6.07) is 19.2. The summed E-state index contributed by atoms with van der Waals surface area (Å²) < 4.78 is 2.14. The van der Waals surface area contributed by atoms with Gasteiger partial charge in [-0.15, -0.1) is 0 Å². The summed E-state index contributed by atoms with van der Waals surface area (Å²) in [5.74, 6) is -0.113. The first-order valence-electron chi connectivity index (χ1n) is 9.50. The summed E-state index contributed by atoms with van der Waals surface area (Å²) in [6.07, 6.45) is 1.78. The van der Waals surface area contributed by atoms with Gasteiger partial charge in [-0.05, 0) is 55.5 Å². The summed E-state index contributed by atoms with van der Waals surface area (Å²) in [7, 11) is 2.03. The molecule has 29 heavy (non-hydrogen) atoms. The van der Waals surface area contributed by atoms with Gasteiger partial charge in [-0.25, -0.2) is 0 Å². The van der Waals surface area contributed by atoms with Crippen LogP contribution in [0, 0.1) is 6.92 Å². The third-order valence-electron chi connectivity index (χ3n) is 5.28. The lowest BCUT2D eigenvalue weighted by molar-refractivity contribution is -0.116. The zero-order valence-corrected chi connectivity index (χ0v) is 17.2. The molecule has 0 radical (unpaired) electrons. The van der Waals surface area contributed by atoms with Crippen LogP contribution in [0.5, 0.6) is 0 Å². The number of aromatic nitrogens is 2. The molecule has 1 aromatic carbocycles. The molecule has 0 aliphatic carbocycles. The van der Waals surface area contributed by atoms with Gasteiger partial charge in [-0.2, -0.15) is 0 Å². The standard InChI is InChI=1S/C22H23N5OS/c1-15-11-12-18(26(15)2)21-20(17-10-6-7-13-23-17)25-22(29)27(21)14-19(28)24-16-8-4-3-5-9-16/h3-13,20-21H,14H2,1-2H3,(H,24,28)(H,25,29)/t20-,21-/m1/s1. The number of thiocarbonyl (C=S) groups is 1. The van der Waals surface area contributed by atoms with Gasteiger partial charge < -0.3 is 20.1 Å². The number of rotatable bonds is 5. The number of hydrogen-bond acceptors (Lipinski definition) is 3. The number of amides is 1. The highest BCUT2D eigenvalue weighted by atomic mass is 32.1. The topological polar surface area (TPSA) is 62.2 Å². The van der Waals surface area contributed by atoms with Crippen LogP contribution >= 0.6 is 12.2 Å². The van der Waals surface area contributed by atoms with Crippen LogP contribution in [0.4, 0.5) is 5.69 Å². The number of carbonyl (C=O) groups is 1. The van der Waals surface area contributed by atoms with Gasteiger partial charge >= 0.3 is 0 Å². The van der Waals surface area contributed by atoms with Crippen LogP contribution in [0.15, 0.2) is 66.9 Å². The van der Waals surface area contributed by atoms with Crippen molar-refractivity contribution in [2.75, 3.05) is 11.9 Å². The van der Waals surface area contributed by atoms with Crippen molar-refractivity contribution in [3.63, 3.8) is 0 Å². The van der Waals surface area contributed by atoms with E-state index in [9.17, 15) is 4.79 Å². The molecule has 2 aromatic heterocycles. The molecule has 2 atom stereocenters. The van der Waals surface area contributed by atoms with Crippen LogP contribution in [-0.4, -0.2) is 32.0 Å². The number of para-hydroxylation sites is 1. The van der Waals surface area contributed by atoms with Gasteiger partial charge in [0, 0.05) is 30.3 Å². The van der Waals surface area contributed by atoms with Crippen molar-refractivity contribution in [3.8, 4) is 0 Å². The van der Waals surface area contributed by atoms with Gasteiger partial charge in [0.2, 0.25) is 5.91 Å². The van der Waals surface area contributed by atoms with E-state index in [1.54, 1.807) is 6.20 Å². The van der Waals surface area contributed by atoms with Gasteiger partial charge in [0.1, 0.15) is 6.54 Å². The highest BCUT2D eigenvalue weighted by molar-refractivity contribution is 7.80. The lowest BCUT2D eigenvalue weighted by Crippen LogP contribution is -2.37. The fourth-order valence-electron chi connectivity index (χ4n) is 3.70. The lowest BCUT2D eigenvalue weighted by Gasteiger charge is -2.28. The maximum absolute atomic E-state index is 12.8. The summed E-state index contributed by atoms with van der Waals surface area (Å²) in [5, 5.41) is 6.87. The van der Waals surface area contributed by atoms with E-state index < -0.39 is 0 Å². The van der Waals surface area contributed by atoms with Crippen molar-refractivity contribution >= 4 is 28.9 Å². The van der Waals surface area contributed by atoms with Crippen molar-refractivity contribution < 1.29 is 4.79 Å². The molecule has 1 fully saturated rings. The molecule has 0 unspecified atom stereocenters. The Morgan fingerprint density at radius 3 is 2.55 bits per heavy atom. The maximum atomic E-state index is 12.8. The van der Waals surface area contributed by atoms with Crippen molar-refractivity contribution in [3.05, 3.63) is 83.9 Å². The Labute approximate surface area is 175 Å². The number of pyridine rings is 1. The van der Waals surface area contributed by atoms with Gasteiger partial charge in [0.25, 0.3) is 0 Å². The smallest absolute Gasteiger partial charge is 0.244 e. The predicted octanol–water partition coefficient (Wildman–Crippen LogP) is 3.34. The Bertz CT molecular complexity index is 1020. The molecular formula is C22H23N5OS. The molecule has 2 N–H and O–H groups in total. The van der Waals surface area contributed by atoms with E-state index in [1.807, 2.05) is 60.5 Å². The number of nitrogens with one attached hydrogen (secondary N) is 2. The number of benzene rings is 1. The molecular weight excluding hydrogens is 382 g/mol. The van der Waals surface area contributed by atoms with E-state index >= 15 is 0 Å². The zero-order chi connectivity index (χ0) is 20.4. The van der Waals surface area contributed by atoms with Crippen LogP contribution in [-0.2, 0) is 11.8 Å². The van der Waals surface area contributed by atoms with Gasteiger partial charge in [0.05, 0.1) is 17.8 Å². The Balaban J connectivity index is 1.64. The molecule has 0 saturated carbocycles. The summed E-state index contributed by atoms with van der Waals surface area (Å²) in [5.41, 5.74) is 3.89. The molecule has 6 nitrogen and oxygen atoms in total. The Morgan fingerprint density at radius 2 is 1.90 bits per heavy atom. The normalized spacial score (nSPS) is 18.6. The highest BCUT2D eigenvalue weighted by Crippen LogP contribution is 2.38. The number of nitrogens with zero attached hydrogens (tertiary/aromatic N) is 3. The van der Waals surface area contributed by atoms with Gasteiger partial charge in [0.15, 0.2) is 5.11 Å². The van der Waals surface area contributed by atoms with E-state index in [1.165, 1.54) is 0 Å². The van der Waals surface area contributed by atoms with Crippen LogP contribution in [0.25, 0.3) is 0 Å². The van der Waals surface area contributed by atoms with Crippen LogP contribution in [0.2, 0.25) is 0 Å². The Hall–Kier alpha value is -3.19. The number of hydrogen-bond donors (Lipinski definition) is 2. The molecule has 1 saturated heterocycles. The molecule has 0 bridgehead atoms. The van der Waals surface area contributed by atoms with Crippen LogP contribution in [0.1, 0.15) is 29.2 Å². The van der Waals surface area contributed by atoms with Gasteiger partial charge in [-0.1, -0.05) is 24.3 Å². The third-order valence-corrected chi connectivity index (χ3v) is 5.64. The monoisotopic (exact) mass is 405 g/mol. The summed E-state index contributed by atoms with van der Waals surface area (Å²) in [6.45, 7) is 2.21. The molecule has 148 valence electrons. The maximum Gasteiger partial charge on any atom is 0.244 e. The minimum atomic E-state index is -0.141. The number of anilines is 1. The SMILES string of the molecule is Cc1ccc([C@@H]2[C@@H](c3ccccn3)NC(=S)N2CC(=O)Nc2ccccc2)n1C. The van der Waals surface area contributed by atoms with E-state index in [-0.39, 0.29) is 24.5 Å². The molecule has 3 heterocycles. The first kappa shape index (κ1) is 19.1. The first-order chi connectivity index (χ1) is 14.0. The second kappa shape index (κ2) is 8.05. The Kier molecular flexibility index (Phi) is 5.31. The molecule has 0 spiro atoms. The van der Waals surface area contributed by atoms with Crippen molar-refractivity contribution in [2.45, 2.75) is 19.0 Å². The summed E-state index contributed by atoms with van der Waals surface area (Å²) >= 11 is 5.63. The highest BCUT2D eigenvalue weighted by Gasteiger charge is 2.41.